The largest absolute Gasteiger partial charge is 0.312 e. The first-order chi connectivity index (χ1) is 9.38. The Morgan fingerprint density at radius 3 is 2.95 bits per heavy atom. The van der Waals surface area contributed by atoms with Crippen molar-refractivity contribution in [1.82, 2.24) is 15.1 Å². The number of rotatable bonds is 2. The van der Waals surface area contributed by atoms with E-state index in [1.54, 1.807) is 0 Å². The van der Waals surface area contributed by atoms with Crippen molar-refractivity contribution in [3.8, 4) is 11.3 Å². The Balaban J connectivity index is 1.94. The standard InChI is InChI=1S/C15H17N3S/c1-2-13-12-9-19-14-6-4-3-5-11(14)15(12)18(17-13)10-7-16-8-10/h3-6,10,16H,2,7-9H2,1H3. The molecule has 19 heavy (non-hydrogen) atoms. The molecule has 1 fully saturated rings. The van der Waals surface area contributed by atoms with Crippen LogP contribution in [0.5, 0.6) is 0 Å². The average Bonchev–Trinajstić information content (AvgIpc) is 2.76. The summed E-state index contributed by atoms with van der Waals surface area (Å²) >= 11 is 1.94. The molecule has 4 heteroatoms. The molecule has 1 aromatic heterocycles. The number of hydrogen-bond donors (Lipinski definition) is 1. The van der Waals surface area contributed by atoms with Gasteiger partial charge in [0.2, 0.25) is 0 Å². The Morgan fingerprint density at radius 1 is 1.37 bits per heavy atom. The molecule has 0 bridgehead atoms. The van der Waals surface area contributed by atoms with Gasteiger partial charge in [-0.05, 0) is 12.5 Å². The molecule has 1 aromatic carbocycles. The summed E-state index contributed by atoms with van der Waals surface area (Å²) in [6.07, 6.45) is 1.03. The van der Waals surface area contributed by atoms with E-state index in [9.17, 15) is 0 Å². The van der Waals surface area contributed by atoms with Crippen molar-refractivity contribution in [1.29, 1.82) is 0 Å². The molecular formula is C15H17N3S. The number of hydrogen-bond acceptors (Lipinski definition) is 3. The minimum atomic E-state index is 0.533. The normalized spacial score (nSPS) is 17.7. The maximum atomic E-state index is 4.89. The van der Waals surface area contributed by atoms with E-state index in [0.29, 0.717) is 6.04 Å². The summed E-state index contributed by atoms with van der Waals surface area (Å²) in [5.41, 5.74) is 5.48. The number of fused-ring (bicyclic) bond motifs is 3. The third kappa shape index (κ3) is 1.66. The van der Waals surface area contributed by atoms with Crippen LogP contribution >= 0.6 is 11.8 Å². The fraction of sp³-hybridized carbons (Fsp3) is 0.400. The van der Waals surface area contributed by atoms with E-state index < -0.39 is 0 Å². The second-order valence-electron chi connectivity index (χ2n) is 5.17. The predicted molar refractivity (Wildman–Crippen MR) is 78.5 cm³/mol. The van der Waals surface area contributed by atoms with Crippen LogP contribution in [0.1, 0.15) is 24.2 Å². The molecule has 3 nitrogen and oxygen atoms in total. The Bertz CT molecular complexity index is 628. The van der Waals surface area contributed by atoms with Crippen molar-refractivity contribution in [3.63, 3.8) is 0 Å². The maximum absolute atomic E-state index is 4.89. The van der Waals surface area contributed by atoms with E-state index in [4.69, 9.17) is 5.10 Å². The number of nitrogens with one attached hydrogen (secondary N) is 1. The van der Waals surface area contributed by atoms with Gasteiger partial charge in [0.25, 0.3) is 0 Å². The molecule has 0 atom stereocenters. The second kappa shape index (κ2) is 4.39. The summed E-state index contributed by atoms with van der Waals surface area (Å²) < 4.78 is 2.28. The van der Waals surface area contributed by atoms with Crippen molar-refractivity contribution in [2.45, 2.75) is 30.0 Å². The highest BCUT2D eigenvalue weighted by atomic mass is 32.2. The minimum absolute atomic E-state index is 0.533. The van der Waals surface area contributed by atoms with Crippen LogP contribution in [-0.4, -0.2) is 22.9 Å². The van der Waals surface area contributed by atoms with Gasteiger partial charge in [0.15, 0.2) is 0 Å². The quantitative estimate of drug-likeness (QED) is 0.911. The first kappa shape index (κ1) is 11.6. The molecule has 2 aliphatic heterocycles. The van der Waals surface area contributed by atoms with Gasteiger partial charge in [-0.15, -0.1) is 11.8 Å². The monoisotopic (exact) mass is 271 g/mol. The van der Waals surface area contributed by atoms with Crippen LogP contribution in [0.3, 0.4) is 0 Å². The maximum Gasteiger partial charge on any atom is 0.0775 e. The highest BCUT2D eigenvalue weighted by molar-refractivity contribution is 7.98. The molecule has 0 saturated carbocycles. The number of nitrogens with zero attached hydrogens (tertiary/aromatic N) is 2. The molecule has 0 radical (unpaired) electrons. The summed E-state index contributed by atoms with van der Waals surface area (Å²) in [5.74, 6) is 1.07. The van der Waals surface area contributed by atoms with Crippen molar-refractivity contribution in [2.24, 2.45) is 0 Å². The molecule has 3 heterocycles. The van der Waals surface area contributed by atoms with Crippen LogP contribution in [0.4, 0.5) is 0 Å². The lowest BCUT2D eigenvalue weighted by molar-refractivity contribution is 0.319. The van der Waals surface area contributed by atoms with Gasteiger partial charge >= 0.3 is 0 Å². The van der Waals surface area contributed by atoms with E-state index in [-0.39, 0.29) is 0 Å². The zero-order chi connectivity index (χ0) is 12.8. The van der Waals surface area contributed by atoms with Gasteiger partial charge in [0, 0.05) is 34.9 Å². The molecule has 0 spiro atoms. The summed E-state index contributed by atoms with van der Waals surface area (Å²) in [6, 6.07) is 9.26. The Hall–Kier alpha value is -1.26. The summed E-state index contributed by atoms with van der Waals surface area (Å²) in [4.78, 5) is 1.39. The summed E-state index contributed by atoms with van der Waals surface area (Å²) in [5, 5.41) is 8.25. The number of aromatic nitrogens is 2. The van der Waals surface area contributed by atoms with Crippen molar-refractivity contribution in [2.75, 3.05) is 13.1 Å². The second-order valence-corrected chi connectivity index (χ2v) is 6.19. The predicted octanol–water partition coefficient (Wildman–Crippen LogP) is 2.86. The Labute approximate surface area is 117 Å². The van der Waals surface area contributed by atoms with Gasteiger partial charge in [0.05, 0.1) is 17.4 Å². The molecule has 0 aliphatic carbocycles. The molecule has 1 N–H and O–H groups in total. The third-order valence-electron chi connectivity index (χ3n) is 4.05. The lowest BCUT2D eigenvalue weighted by atomic mass is 10.0. The topological polar surface area (TPSA) is 29.9 Å². The van der Waals surface area contributed by atoms with Crippen molar-refractivity contribution >= 4 is 11.8 Å². The van der Waals surface area contributed by atoms with Gasteiger partial charge in [-0.3, -0.25) is 4.68 Å². The minimum Gasteiger partial charge on any atom is -0.312 e. The average molecular weight is 271 g/mol. The fourth-order valence-electron chi connectivity index (χ4n) is 2.89. The van der Waals surface area contributed by atoms with Crippen molar-refractivity contribution < 1.29 is 0 Å². The van der Waals surface area contributed by atoms with E-state index in [0.717, 1.165) is 25.3 Å². The van der Waals surface area contributed by atoms with E-state index in [2.05, 4.69) is 41.2 Å². The molecule has 1 saturated heterocycles. The van der Waals surface area contributed by atoms with E-state index >= 15 is 0 Å². The van der Waals surface area contributed by atoms with Gasteiger partial charge in [-0.1, -0.05) is 25.1 Å². The summed E-state index contributed by atoms with van der Waals surface area (Å²) in [7, 11) is 0. The van der Waals surface area contributed by atoms with Crippen LogP contribution in [0.25, 0.3) is 11.3 Å². The van der Waals surface area contributed by atoms with Crippen LogP contribution in [-0.2, 0) is 12.2 Å². The molecule has 2 aromatic rings. The molecule has 4 rings (SSSR count). The molecule has 2 aliphatic rings. The Kier molecular flexibility index (Phi) is 2.67. The number of thioether (sulfide) groups is 1. The van der Waals surface area contributed by atoms with Gasteiger partial charge in [0.1, 0.15) is 0 Å². The molecule has 0 amide bonds. The van der Waals surface area contributed by atoms with Gasteiger partial charge in [-0.2, -0.15) is 5.10 Å². The lowest BCUT2D eigenvalue weighted by Gasteiger charge is -2.30. The van der Waals surface area contributed by atoms with Gasteiger partial charge < -0.3 is 5.32 Å². The van der Waals surface area contributed by atoms with E-state index in [1.807, 2.05) is 11.8 Å². The molecule has 98 valence electrons. The first-order valence-electron chi connectivity index (χ1n) is 6.91. The molecular weight excluding hydrogens is 254 g/mol. The van der Waals surface area contributed by atoms with Crippen LogP contribution in [0, 0.1) is 0 Å². The first-order valence-corrected chi connectivity index (χ1v) is 7.90. The van der Waals surface area contributed by atoms with Gasteiger partial charge in [-0.25, -0.2) is 0 Å². The number of benzene rings is 1. The molecule has 0 unspecified atom stereocenters. The zero-order valence-corrected chi connectivity index (χ0v) is 11.8. The number of aryl methyl sites for hydroxylation is 1. The zero-order valence-electron chi connectivity index (χ0n) is 11.0. The van der Waals surface area contributed by atoms with Crippen LogP contribution in [0.15, 0.2) is 29.2 Å². The summed E-state index contributed by atoms with van der Waals surface area (Å²) in [6.45, 7) is 4.30. The third-order valence-corrected chi connectivity index (χ3v) is 5.15. The highest BCUT2D eigenvalue weighted by Gasteiger charge is 2.30. The van der Waals surface area contributed by atoms with Crippen LogP contribution in [0.2, 0.25) is 0 Å². The SMILES string of the molecule is CCc1nn(C2CNC2)c2c1CSc1ccccc1-2. The smallest absolute Gasteiger partial charge is 0.0775 e. The van der Waals surface area contributed by atoms with Crippen LogP contribution < -0.4 is 5.32 Å². The highest BCUT2D eigenvalue weighted by Crippen LogP contribution is 2.43. The van der Waals surface area contributed by atoms with Crippen molar-refractivity contribution in [3.05, 3.63) is 35.5 Å². The fourth-order valence-corrected chi connectivity index (χ4v) is 3.98. The lowest BCUT2D eigenvalue weighted by Crippen LogP contribution is -2.44. The van der Waals surface area contributed by atoms with E-state index in [1.165, 1.54) is 27.4 Å². The Morgan fingerprint density at radius 2 is 2.21 bits per heavy atom.